The van der Waals surface area contributed by atoms with Gasteiger partial charge in [0, 0.05) is 29.3 Å². The van der Waals surface area contributed by atoms with Crippen LogP contribution in [0.5, 0.6) is 11.8 Å². The molecule has 1 heterocycles. The number of rotatable bonds is 5. The molecule has 0 unspecified atom stereocenters. The molecule has 0 saturated carbocycles. The highest BCUT2D eigenvalue weighted by molar-refractivity contribution is 6.21. The van der Waals surface area contributed by atoms with Crippen LogP contribution in [-0.2, 0) is 9.59 Å². The van der Waals surface area contributed by atoms with Crippen LogP contribution >= 0.6 is 0 Å². The number of primary amides is 1. The summed E-state index contributed by atoms with van der Waals surface area (Å²) in [5, 5.41) is 28.1. The molecule has 0 saturated heterocycles. The molecule has 1 aromatic carbocycles. The zero-order valence-corrected chi connectivity index (χ0v) is 12.0. The summed E-state index contributed by atoms with van der Waals surface area (Å²) in [6, 6.07) is 7.69. The molecule has 24 heavy (non-hydrogen) atoms. The van der Waals surface area contributed by atoms with E-state index in [4.69, 9.17) is 5.73 Å². The lowest BCUT2D eigenvalue weighted by Crippen LogP contribution is -2.19. The minimum Gasteiger partial charge on any atom is -0.492 e. The number of hydrogen-bond donors (Lipinski definition) is 4. The third kappa shape index (κ3) is 3.35. The summed E-state index contributed by atoms with van der Waals surface area (Å²) in [5.41, 5.74) is 4.48. The summed E-state index contributed by atoms with van der Waals surface area (Å²) in [6.07, 6.45) is 0.600. The number of amides is 1. The number of carbonyl (C=O) groups is 3. The van der Waals surface area contributed by atoms with Gasteiger partial charge in [0.05, 0.1) is 5.57 Å². The summed E-state index contributed by atoms with van der Waals surface area (Å²) < 4.78 is 0.401. The third-order valence-corrected chi connectivity index (χ3v) is 2.95. The second-order valence-electron chi connectivity index (χ2n) is 4.53. The Labute approximate surface area is 134 Å². The topological polar surface area (TPSA) is 152 Å². The number of aromatic hydroxyl groups is 2. The van der Waals surface area contributed by atoms with Gasteiger partial charge < -0.3 is 25.9 Å². The molecule has 9 heteroatoms. The number of aliphatic carboxylic acids is 1. The third-order valence-electron chi connectivity index (χ3n) is 2.95. The quantitative estimate of drug-likeness (QED) is 0.567. The fraction of sp³-hybridized carbons (Fsp3) is 0. The summed E-state index contributed by atoms with van der Waals surface area (Å²) in [4.78, 5) is 39.3. The van der Waals surface area contributed by atoms with Gasteiger partial charge in [-0.2, -0.15) is 0 Å². The van der Waals surface area contributed by atoms with Crippen LogP contribution in [0.15, 0.2) is 42.5 Å². The number of hydrogen-bond acceptors (Lipinski definition) is 6. The number of aromatic nitrogens is 1. The molecule has 0 aliphatic heterocycles. The predicted molar refractivity (Wildman–Crippen MR) is 79.9 cm³/mol. The Morgan fingerprint density at radius 3 is 2.04 bits per heavy atom. The van der Waals surface area contributed by atoms with Gasteiger partial charge in [-0.1, -0.05) is 18.2 Å². The Morgan fingerprint density at radius 1 is 1.00 bits per heavy atom. The molecule has 0 atom stereocenters. The second kappa shape index (κ2) is 6.57. The van der Waals surface area contributed by atoms with Crippen LogP contribution in [-0.4, -0.2) is 37.9 Å². The van der Waals surface area contributed by atoms with Crippen LogP contribution < -0.4 is 10.6 Å². The van der Waals surface area contributed by atoms with Crippen molar-refractivity contribution in [3.63, 3.8) is 0 Å². The number of carboxylic acids is 1. The van der Waals surface area contributed by atoms with E-state index in [-0.39, 0.29) is 11.1 Å². The number of nitrogens with two attached hydrogens (primary N) is 1. The maximum absolute atomic E-state index is 11.9. The summed E-state index contributed by atoms with van der Waals surface area (Å²) in [5.74, 6) is -4.70. The van der Waals surface area contributed by atoms with E-state index in [1.54, 1.807) is 0 Å². The summed E-state index contributed by atoms with van der Waals surface area (Å²) >= 11 is 0. The number of carboxylic acid groups (broad SMARTS) is 1. The van der Waals surface area contributed by atoms with Gasteiger partial charge in [-0.3, -0.25) is 4.79 Å². The molecule has 124 valence electrons. The van der Waals surface area contributed by atoms with Crippen molar-refractivity contribution in [3.05, 3.63) is 53.6 Å². The average molecular weight is 332 g/mol. The molecule has 2 rings (SSSR count). The van der Waals surface area contributed by atoms with Gasteiger partial charge in [0.1, 0.15) is 0 Å². The second-order valence-corrected chi connectivity index (χ2v) is 4.53. The molecule has 9 nitrogen and oxygen atoms in total. The van der Waals surface area contributed by atoms with Gasteiger partial charge in [0.25, 0.3) is 0 Å². The first-order valence-electron chi connectivity index (χ1n) is 6.47. The largest absolute Gasteiger partial charge is 0.492 e. The van der Waals surface area contributed by atoms with Crippen molar-refractivity contribution in [1.82, 2.24) is 4.73 Å². The van der Waals surface area contributed by atoms with Gasteiger partial charge in [-0.05, 0) is 6.07 Å². The lowest BCUT2D eigenvalue weighted by Gasteiger charge is -2.08. The van der Waals surface area contributed by atoms with E-state index in [1.165, 1.54) is 24.3 Å². The van der Waals surface area contributed by atoms with Crippen LogP contribution in [0, 0.1) is 0 Å². The van der Waals surface area contributed by atoms with Crippen LogP contribution in [0.2, 0.25) is 0 Å². The standard InChI is InChI=1S/C15H12N2O7/c16-14(21)9-4-2-1-3-8(9)10(15(22)23)7-13(20)24-17-11(18)5-6-12(17)19/h1-7,18-19H,(H2,16,21)(H,22,23). The van der Waals surface area contributed by atoms with Gasteiger partial charge in [-0.15, -0.1) is 4.73 Å². The first kappa shape index (κ1) is 16.6. The first-order valence-corrected chi connectivity index (χ1v) is 6.47. The predicted octanol–water partition coefficient (Wildman–Crippen LogP) is 0.122. The summed E-state index contributed by atoms with van der Waals surface area (Å²) in [7, 11) is 0. The van der Waals surface area contributed by atoms with E-state index in [9.17, 15) is 29.7 Å². The molecule has 5 N–H and O–H groups in total. The maximum Gasteiger partial charge on any atom is 0.357 e. The van der Waals surface area contributed by atoms with Crippen molar-refractivity contribution in [1.29, 1.82) is 0 Å². The van der Waals surface area contributed by atoms with E-state index >= 15 is 0 Å². The molecule has 2 aromatic rings. The molecule has 0 fully saturated rings. The first-order chi connectivity index (χ1) is 11.3. The molecular weight excluding hydrogens is 320 g/mol. The molecule has 1 amide bonds. The van der Waals surface area contributed by atoms with E-state index in [2.05, 4.69) is 4.84 Å². The monoisotopic (exact) mass is 332 g/mol. The van der Waals surface area contributed by atoms with Gasteiger partial charge in [0.15, 0.2) is 0 Å². The van der Waals surface area contributed by atoms with E-state index < -0.39 is 35.2 Å². The molecule has 0 aliphatic rings. The smallest absolute Gasteiger partial charge is 0.357 e. The van der Waals surface area contributed by atoms with Crippen LogP contribution in [0.1, 0.15) is 15.9 Å². The molecule has 0 spiro atoms. The van der Waals surface area contributed by atoms with Crippen molar-refractivity contribution in [2.75, 3.05) is 0 Å². The SMILES string of the molecule is NC(=O)c1ccccc1C(=CC(=O)On1c(O)ccc1O)C(=O)O. The zero-order valence-electron chi connectivity index (χ0n) is 12.0. The van der Waals surface area contributed by atoms with Gasteiger partial charge in [-0.25, -0.2) is 9.59 Å². The molecule has 0 bridgehead atoms. The number of nitrogens with zero attached hydrogens (tertiary/aromatic N) is 1. The van der Waals surface area contributed by atoms with Gasteiger partial charge in [0.2, 0.25) is 17.7 Å². The molecule has 0 aliphatic carbocycles. The molecule has 1 aromatic heterocycles. The van der Waals surface area contributed by atoms with Crippen molar-refractivity contribution in [2.45, 2.75) is 0 Å². The van der Waals surface area contributed by atoms with Crippen LogP contribution in [0.3, 0.4) is 0 Å². The Hall–Kier alpha value is -3.75. The fourth-order valence-corrected chi connectivity index (χ4v) is 1.92. The van der Waals surface area contributed by atoms with Crippen molar-refractivity contribution in [3.8, 4) is 11.8 Å². The minimum absolute atomic E-state index is 0.0737. The Bertz CT molecular complexity index is 832. The minimum atomic E-state index is -1.50. The maximum atomic E-state index is 11.9. The van der Waals surface area contributed by atoms with Crippen molar-refractivity contribution < 1.29 is 34.5 Å². The van der Waals surface area contributed by atoms with Crippen LogP contribution in [0.4, 0.5) is 0 Å². The Balaban J connectivity index is 2.41. The molecule has 0 radical (unpaired) electrons. The van der Waals surface area contributed by atoms with Gasteiger partial charge >= 0.3 is 11.9 Å². The molecular formula is C15H12N2O7. The average Bonchev–Trinajstić information content (AvgIpc) is 2.84. The fourth-order valence-electron chi connectivity index (χ4n) is 1.92. The highest BCUT2D eigenvalue weighted by Gasteiger charge is 2.20. The Kier molecular flexibility index (Phi) is 4.55. The van der Waals surface area contributed by atoms with Crippen molar-refractivity contribution in [2.24, 2.45) is 5.73 Å². The number of carbonyl (C=O) groups excluding carboxylic acids is 2. The van der Waals surface area contributed by atoms with E-state index in [0.717, 1.165) is 12.1 Å². The Morgan fingerprint density at radius 2 is 1.54 bits per heavy atom. The lowest BCUT2D eigenvalue weighted by molar-refractivity contribution is -0.140. The van der Waals surface area contributed by atoms with E-state index in [0.29, 0.717) is 10.8 Å². The van der Waals surface area contributed by atoms with Crippen LogP contribution in [0.25, 0.3) is 5.57 Å². The van der Waals surface area contributed by atoms with Crippen molar-refractivity contribution >= 4 is 23.4 Å². The van der Waals surface area contributed by atoms with E-state index in [1.807, 2.05) is 0 Å². The zero-order chi connectivity index (χ0) is 17.9. The number of benzene rings is 1. The highest BCUT2D eigenvalue weighted by atomic mass is 16.7. The summed E-state index contributed by atoms with van der Waals surface area (Å²) in [6.45, 7) is 0. The lowest BCUT2D eigenvalue weighted by atomic mass is 9.99. The normalized spacial score (nSPS) is 11.1. The highest BCUT2D eigenvalue weighted by Crippen LogP contribution is 2.21.